The fourth-order valence-electron chi connectivity index (χ4n) is 1.46. The molecule has 0 heterocycles. The zero-order chi connectivity index (χ0) is 9.68. The molecule has 72 valence electrons. The van der Waals surface area contributed by atoms with Crippen molar-refractivity contribution in [2.75, 3.05) is 0 Å². The monoisotopic (exact) mass is 180 g/mol. The van der Waals surface area contributed by atoms with E-state index in [-0.39, 0.29) is 12.1 Å². The molecule has 2 nitrogen and oxygen atoms in total. The number of hydrogen-bond acceptors (Lipinski definition) is 2. The van der Waals surface area contributed by atoms with Crippen LogP contribution in [-0.2, 0) is 9.53 Å². The van der Waals surface area contributed by atoms with Crippen LogP contribution in [0.25, 0.3) is 0 Å². The van der Waals surface area contributed by atoms with Crippen molar-refractivity contribution in [1.82, 2.24) is 0 Å². The van der Waals surface area contributed by atoms with Gasteiger partial charge in [-0.1, -0.05) is 0 Å². The largest absolute Gasteiger partial charge is 0.462 e. The van der Waals surface area contributed by atoms with Crippen molar-refractivity contribution >= 4 is 5.97 Å². The van der Waals surface area contributed by atoms with E-state index in [9.17, 15) is 4.79 Å². The molecule has 0 bridgehead atoms. The third-order valence-corrected chi connectivity index (χ3v) is 2.23. The number of esters is 1. The normalized spacial score (nSPS) is 24.5. The molecule has 0 spiro atoms. The molecular formula is C11H16O2. The molecule has 1 aliphatic rings. The molecule has 0 N–H and O–H groups in total. The zero-order valence-corrected chi connectivity index (χ0v) is 8.30. The maximum atomic E-state index is 10.6. The fourth-order valence-corrected chi connectivity index (χ4v) is 1.46. The van der Waals surface area contributed by atoms with E-state index >= 15 is 0 Å². The Labute approximate surface area is 79.7 Å². The predicted molar refractivity (Wildman–Crippen MR) is 51.0 cm³/mol. The highest BCUT2D eigenvalue weighted by atomic mass is 16.5. The van der Waals surface area contributed by atoms with Crippen LogP contribution in [0.4, 0.5) is 0 Å². The molecule has 0 radical (unpaired) electrons. The van der Waals surface area contributed by atoms with Crippen molar-refractivity contribution in [3.8, 4) is 11.8 Å². The first-order chi connectivity index (χ1) is 6.24. The van der Waals surface area contributed by atoms with Gasteiger partial charge in [-0.25, -0.2) is 0 Å². The van der Waals surface area contributed by atoms with Crippen LogP contribution in [0.5, 0.6) is 0 Å². The summed E-state index contributed by atoms with van der Waals surface area (Å²) in [6.45, 7) is 3.33. The molecule has 1 fully saturated rings. The molecule has 2 atom stereocenters. The minimum absolute atomic E-state index is 0.152. The summed E-state index contributed by atoms with van der Waals surface area (Å²) < 4.78 is 5.06. The van der Waals surface area contributed by atoms with E-state index in [1.54, 1.807) is 0 Å². The molecule has 1 aliphatic carbocycles. The first kappa shape index (κ1) is 10.1. The first-order valence-electron chi connectivity index (χ1n) is 4.81. The van der Waals surface area contributed by atoms with Gasteiger partial charge in [-0.05, 0) is 32.1 Å². The maximum Gasteiger partial charge on any atom is 0.302 e. The van der Waals surface area contributed by atoms with Crippen molar-refractivity contribution in [3.05, 3.63) is 0 Å². The Hall–Kier alpha value is -0.970. The second-order valence-electron chi connectivity index (χ2n) is 3.46. The van der Waals surface area contributed by atoms with Crippen molar-refractivity contribution in [3.63, 3.8) is 0 Å². The summed E-state index contributed by atoms with van der Waals surface area (Å²) in [5.41, 5.74) is 0. The van der Waals surface area contributed by atoms with Crippen LogP contribution in [0.1, 0.15) is 39.5 Å². The Morgan fingerprint density at radius 3 is 3.00 bits per heavy atom. The molecule has 1 saturated carbocycles. The van der Waals surface area contributed by atoms with Crippen LogP contribution in [-0.4, -0.2) is 12.1 Å². The van der Waals surface area contributed by atoms with Gasteiger partial charge in [0, 0.05) is 13.3 Å². The molecule has 0 amide bonds. The van der Waals surface area contributed by atoms with Gasteiger partial charge in [-0.2, -0.15) is 0 Å². The van der Waals surface area contributed by atoms with Crippen molar-refractivity contribution in [2.24, 2.45) is 5.92 Å². The molecule has 0 aliphatic heterocycles. The number of hydrogen-bond donors (Lipinski definition) is 0. The minimum Gasteiger partial charge on any atom is -0.462 e. The van der Waals surface area contributed by atoms with E-state index in [2.05, 4.69) is 11.8 Å². The summed E-state index contributed by atoms with van der Waals surface area (Å²) in [5.74, 6) is 6.36. The Morgan fingerprint density at radius 1 is 1.62 bits per heavy atom. The van der Waals surface area contributed by atoms with E-state index in [4.69, 9.17) is 4.74 Å². The number of unbranched alkanes of at least 4 members (excludes halogenated alkanes) is 1. The average Bonchev–Trinajstić information content (AvgIpc) is 2.76. The summed E-state index contributed by atoms with van der Waals surface area (Å²) in [6, 6.07) is 0. The molecule has 13 heavy (non-hydrogen) atoms. The molecule has 2 heteroatoms. The molecule has 0 saturated heterocycles. The van der Waals surface area contributed by atoms with Crippen molar-refractivity contribution in [1.29, 1.82) is 0 Å². The van der Waals surface area contributed by atoms with Gasteiger partial charge in [0.25, 0.3) is 0 Å². The van der Waals surface area contributed by atoms with E-state index in [0.29, 0.717) is 5.92 Å². The summed E-state index contributed by atoms with van der Waals surface area (Å²) >= 11 is 0. The standard InChI is InChI=1S/C11H16O2/c1-3-4-5-6-7-10-8-11(10)13-9(2)12/h10-11H,5-8H2,1-2H3/t10-,11-/m1/s1. The molecule has 0 aromatic carbocycles. The highest BCUT2D eigenvalue weighted by molar-refractivity contribution is 5.66. The summed E-state index contributed by atoms with van der Waals surface area (Å²) in [4.78, 5) is 10.6. The third-order valence-electron chi connectivity index (χ3n) is 2.23. The van der Waals surface area contributed by atoms with Gasteiger partial charge >= 0.3 is 5.97 Å². The highest BCUT2D eigenvalue weighted by Crippen LogP contribution is 2.37. The van der Waals surface area contributed by atoms with Gasteiger partial charge in [0.1, 0.15) is 6.10 Å². The molecule has 1 rings (SSSR count). The summed E-state index contributed by atoms with van der Waals surface area (Å²) in [7, 11) is 0. The van der Waals surface area contributed by atoms with Crippen LogP contribution in [0.15, 0.2) is 0 Å². The van der Waals surface area contributed by atoms with Crippen LogP contribution in [0, 0.1) is 17.8 Å². The Morgan fingerprint density at radius 2 is 2.38 bits per heavy atom. The SMILES string of the molecule is CC#CCCC[C@@H]1C[C@H]1OC(C)=O. The van der Waals surface area contributed by atoms with Crippen LogP contribution >= 0.6 is 0 Å². The van der Waals surface area contributed by atoms with E-state index in [0.717, 1.165) is 25.7 Å². The smallest absolute Gasteiger partial charge is 0.302 e. The van der Waals surface area contributed by atoms with Gasteiger partial charge < -0.3 is 4.74 Å². The number of ether oxygens (including phenoxy) is 1. The lowest BCUT2D eigenvalue weighted by atomic mass is 10.2. The van der Waals surface area contributed by atoms with Crippen LogP contribution in [0.3, 0.4) is 0 Å². The highest BCUT2D eigenvalue weighted by Gasteiger charge is 2.39. The lowest BCUT2D eigenvalue weighted by molar-refractivity contribution is -0.142. The Bertz CT molecular complexity index is 234. The van der Waals surface area contributed by atoms with E-state index in [1.807, 2.05) is 6.92 Å². The quantitative estimate of drug-likeness (QED) is 0.376. The predicted octanol–water partition coefficient (Wildman–Crippen LogP) is 2.13. The lowest BCUT2D eigenvalue weighted by Gasteiger charge is -1.98. The average molecular weight is 180 g/mol. The first-order valence-corrected chi connectivity index (χ1v) is 4.81. The minimum atomic E-state index is -0.152. The number of carbonyl (C=O) groups excluding carboxylic acids is 1. The fraction of sp³-hybridized carbons (Fsp3) is 0.727. The second-order valence-corrected chi connectivity index (χ2v) is 3.46. The maximum absolute atomic E-state index is 10.6. The van der Waals surface area contributed by atoms with E-state index < -0.39 is 0 Å². The van der Waals surface area contributed by atoms with Gasteiger partial charge in [0.15, 0.2) is 0 Å². The van der Waals surface area contributed by atoms with Gasteiger partial charge in [0.2, 0.25) is 0 Å². The molecular weight excluding hydrogens is 164 g/mol. The molecule has 0 unspecified atom stereocenters. The number of rotatable bonds is 4. The lowest BCUT2D eigenvalue weighted by Crippen LogP contribution is -2.02. The van der Waals surface area contributed by atoms with Gasteiger partial charge in [-0.3, -0.25) is 4.79 Å². The zero-order valence-electron chi connectivity index (χ0n) is 8.30. The van der Waals surface area contributed by atoms with Crippen molar-refractivity contribution in [2.45, 2.75) is 45.6 Å². The Balaban J connectivity index is 2.00. The summed E-state index contributed by atoms with van der Waals surface area (Å²) in [5, 5.41) is 0. The molecule has 0 aromatic heterocycles. The van der Waals surface area contributed by atoms with Crippen LogP contribution in [0.2, 0.25) is 0 Å². The third kappa shape index (κ3) is 3.98. The Kier molecular flexibility index (Phi) is 3.82. The summed E-state index contributed by atoms with van der Waals surface area (Å²) in [6.07, 6.45) is 4.52. The van der Waals surface area contributed by atoms with Crippen molar-refractivity contribution < 1.29 is 9.53 Å². The van der Waals surface area contributed by atoms with Crippen LogP contribution < -0.4 is 0 Å². The van der Waals surface area contributed by atoms with Gasteiger partial charge in [-0.15, -0.1) is 11.8 Å². The second kappa shape index (κ2) is 4.91. The van der Waals surface area contributed by atoms with E-state index in [1.165, 1.54) is 6.92 Å². The van der Waals surface area contributed by atoms with Gasteiger partial charge in [0.05, 0.1) is 0 Å². The topological polar surface area (TPSA) is 26.3 Å². The molecule has 0 aromatic rings. The number of carbonyl (C=O) groups is 1.